The number of Topliss-reactive ketones (excluding diaryl/α,β-unsaturated/α-hetero) is 1. The molecule has 3 N–H and O–H groups in total. The van der Waals surface area contributed by atoms with Gasteiger partial charge >= 0.3 is 0 Å². The first-order chi connectivity index (χ1) is 16.6. The molecule has 7 nitrogen and oxygen atoms in total. The van der Waals surface area contributed by atoms with Crippen molar-refractivity contribution in [3.63, 3.8) is 0 Å². The molecule has 0 unspecified atom stereocenters. The number of hydrogen-bond acceptors (Lipinski definition) is 6. The van der Waals surface area contributed by atoms with Crippen molar-refractivity contribution in [3.8, 4) is 11.1 Å². The van der Waals surface area contributed by atoms with E-state index in [1.54, 1.807) is 0 Å². The average molecular weight is 478 g/mol. The maximum absolute atomic E-state index is 13.4. The molecule has 1 amide bonds. The van der Waals surface area contributed by atoms with Gasteiger partial charge < -0.3 is 4.90 Å². The minimum absolute atomic E-state index is 0.0281. The van der Waals surface area contributed by atoms with Crippen molar-refractivity contribution in [2.75, 3.05) is 0 Å². The van der Waals surface area contributed by atoms with Gasteiger partial charge in [-0.2, -0.15) is 0 Å². The van der Waals surface area contributed by atoms with Gasteiger partial charge in [-0.05, 0) is 29.0 Å². The van der Waals surface area contributed by atoms with E-state index >= 15 is 0 Å². The van der Waals surface area contributed by atoms with Crippen LogP contribution in [-0.2, 0) is 16.1 Å². The van der Waals surface area contributed by atoms with Gasteiger partial charge in [-0.1, -0.05) is 96.5 Å². The predicted molar refractivity (Wildman–Crippen MR) is 141 cm³/mol. The number of nitrogens with one attached hydrogen (secondary N) is 3. The minimum Gasteiger partial charge on any atom is -0.328 e. The summed E-state index contributed by atoms with van der Waals surface area (Å²) in [5.41, 5.74) is 12.1. The molecule has 7 heteroatoms. The van der Waals surface area contributed by atoms with Gasteiger partial charge in [0.15, 0.2) is 11.6 Å². The Hall–Kier alpha value is -3.19. The Bertz CT molecular complexity index is 1050. The third kappa shape index (κ3) is 6.48. The van der Waals surface area contributed by atoms with E-state index in [9.17, 15) is 9.59 Å². The largest absolute Gasteiger partial charge is 0.328 e. The fourth-order valence-electron chi connectivity index (χ4n) is 4.32. The summed E-state index contributed by atoms with van der Waals surface area (Å²) in [6.45, 7) is 12.3. The molecule has 0 aromatic heterocycles. The van der Waals surface area contributed by atoms with Crippen LogP contribution in [0.25, 0.3) is 11.1 Å². The van der Waals surface area contributed by atoms with Crippen molar-refractivity contribution in [1.29, 1.82) is 0 Å². The highest BCUT2D eigenvalue weighted by atomic mass is 16.2. The quantitative estimate of drug-likeness (QED) is 0.458. The number of carbonyl (C=O) groups is 2. The summed E-state index contributed by atoms with van der Waals surface area (Å²) >= 11 is 0. The summed E-state index contributed by atoms with van der Waals surface area (Å²) in [5, 5.41) is 4.23. The van der Waals surface area contributed by atoms with Crippen molar-refractivity contribution in [3.05, 3.63) is 59.7 Å². The van der Waals surface area contributed by atoms with Gasteiger partial charge in [0.05, 0.1) is 6.04 Å². The molecule has 0 aliphatic carbocycles. The van der Waals surface area contributed by atoms with Crippen molar-refractivity contribution in [1.82, 2.24) is 21.4 Å². The zero-order valence-electron chi connectivity index (χ0n) is 21.8. The van der Waals surface area contributed by atoms with Gasteiger partial charge in [0.2, 0.25) is 5.91 Å². The molecule has 35 heavy (non-hydrogen) atoms. The Morgan fingerprint density at radius 3 is 2.20 bits per heavy atom. The number of benzene rings is 2. The lowest BCUT2D eigenvalue weighted by molar-refractivity contribution is -0.145. The van der Waals surface area contributed by atoms with Crippen LogP contribution in [0.15, 0.2) is 53.6 Å². The second-order valence-electron chi connectivity index (χ2n) is 10.5. The van der Waals surface area contributed by atoms with Crippen LogP contribution < -0.4 is 16.5 Å². The normalized spacial score (nSPS) is 14.2. The van der Waals surface area contributed by atoms with E-state index in [2.05, 4.69) is 46.7 Å². The molecule has 1 aliphatic heterocycles. The monoisotopic (exact) mass is 477 g/mol. The number of amides is 1. The highest BCUT2D eigenvalue weighted by molar-refractivity contribution is 6.04. The second kappa shape index (κ2) is 11.5. The van der Waals surface area contributed by atoms with E-state index in [1.807, 2.05) is 69.9 Å². The number of ketones is 1. The van der Waals surface area contributed by atoms with Crippen molar-refractivity contribution >= 4 is 17.5 Å². The molecule has 0 radical (unpaired) electrons. The number of hydrogen-bond donors (Lipinski definition) is 3. The molecular weight excluding hydrogens is 438 g/mol. The zero-order chi connectivity index (χ0) is 25.6. The summed E-state index contributed by atoms with van der Waals surface area (Å²) < 4.78 is 0. The highest BCUT2D eigenvalue weighted by Crippen LogP contribution is 2.28. The second-order valence-corrected chi connectivity index (χ2v) is 10.5. The Balaban J connectivity index is 1.90. The molecule has 1 aliphatic rings. The summed E-state index contributed by atoms with van der Waals surface area (Å²) in [4.78, 5) is 28.5. The molecule has 0 spiro atoms. The zero-order valence-corrected chi connectivity index (χ0v) is 21.8. The maximum atomic E-state index is 13.4. The number of nitrogens with zero attached hydrogens (tertiary/aromatic N) is 2. The lowest BCUT2D eigenvalue weighted by Gasteiger charge is -2.37. The summed E-state index contributed by atoms with van der Waals surface area (Å²) in [6.07, 6.45) is 2.22. The Kier molecular flexibility index (Phi) is 8.67. The van der Waals surface area contributed by atoms with Gasteiger partial charge in [-0.25, -0.2) is 5.53 Å². The number of hydrazine groups is 2. The van der Waals surface area contributed by atoms with Gasteiger partial charge in [0.25, 0.3) is 0 Å². The molecule has 0 fully saturated rings. The standard InChI is InChI=1S/C28H39N5O2/c1-7-8-13-24(34)33(25(19(2)3)26(35)28(4,5)6)18-20-14-16-21(17-15-20)22-11-9-10-12-23(22)27-29-31-32-30-27/h9-12,14-17,19,25,31-32H,7-8,13,18H2,1-6H3,(H,29,30)/t25-/m0/s1. The summed E-state index contributed by atoms with van der Waals surface area (Å²) in [7, 11) is 0. The minimum atomic E-state index is -0.521. The van der Waals surface area contributed by atoms with Crippen LogP contribution in [-0.4, -0.2) is 28.5 Å². The van der Waals surface area contributed by atoms with E-state index in [0.29, 0.717) is 13.0 Å². The van der Waals surface area contributed by atoms with E-state index in [-0.39, 0.29) is 17.6 Å². The third-order valence-corrected chi connectivity index (χ3v) is 6.24. The van der Waals surface area contributed by atoms with Crippen LogP contribution in [0.4, 0.5) is 0 Å². The molecule has 0 saturated heterocycles. The summed E-state index contributed by atoms with van der Waals surface area (Å²) in [5.74, 6) is 0.899. The maximum Gasteiger partial charge on any atom is 0.223 e. The lowest BCUT2D eigenvalue weighted by atomic mass is 9.81. The van der Waals surface area contributed by atoms with Crippen molar-refractivity contribution < 1.29 is 9.59 Å². The lowest BCUT2D eigenvalue weighted by Crippen LogP contribution is -2.51. The molecule has 2 aromatic rings. The first-order valence-electron chi connectivity index (χ1n) is 12.5. The highest BCUT2D eigenvalue weighted by Gasteiger charge is 2.37. The number of rotatable bonds is 10. The first kappa shape index (κ1) is 26.4. The van der Waals surface area contributed by atoms with Gasteiger partial charge in [0, 0.05) is 23.9 Å². The number of hydrazone groups is 1. The number of carbonyl (C=O) groups excluding carboxylic acids is 2. The first-order valence-corrected chi connectivity index (χ1v) is 12.5. The SMILES string of the molecule is CCCCC(=O)N(Cc1ccc(-c2ccccc2C2=NNNN2)cc1)[C@H](C(=O)C(C)(C)C)C(C)C. The van der Waals surface area contributed by atoms with E-state index in [4.69, 9.17) is 0 Å². The van der Waals surface area contributed by atoms with Crippen LogP contribution in [0.3, 0.4) is 0 Å². The van der Waals surface area contributed by atoms with Crippen LogP contribution in [0.5, 0.6) is 0 Å². The van der Waals surface area contributed by atoms with Crippen LogP contribution in [0.1, 0.15) is 71.9 Å². The van der Waals surface area contributed by atoms with Gasteiger partial charge in [-0.15, -0.1) is 10.6 Å². The smallest absolute Gasteiger partial charge is 0.223 e. The molecular formula is C28H39N5O2. The third-order valence-electron chi connectivity index (χ3n) is 6.24. The van der Waals surface area contributed by atoms with E-state index in [1.165, 1.54) is 0 Å². The molecule has 3 rings (SSSR count). The summed E-state index contributed by atoms with van der Waals surface area (Å²) in [6, 6.07) is 15.8. The molecule has 0 bridgehead atoms. The van der Waals surface area contributed by atoms with Crippen molar-refractivity contribution in [2.45, 2.75) is 73.4 Å². The molecule has 0 saturated carbocycles. The fourth-order valence-corrected chi connectivity index (χ4v) is 4.32. The molecule has 2 aromatic carbocycles. The van der Waals surface area contributed by atoms with Gasteiger partial charge in [-0.3, -0.25) is 15.0 Å². The van der Waals surface area contributed by atoms with Gasteiger partial charge in [0.1, 0.15) is 0 Å². The van der Waals surface area contributed by atoms with E-state index < -0.39 is 11.5 Å². The number of unbranched alkanes of at least 4 members (excludes halogenated alkanes) is 1. The number of amidine groups is 1. The van der Waals surface area contributed by atoms with Crippen LogP contribution >= 0.6 is 0 Å². The Morgan fingerprint density at radius 1 is 1.00 bits per heavy atom. The topological polar surface area (TPSA) is 85.8 Å². The Labute approximate surface area is 209 Å². The van der Waals surface area contributed by atoms with Crippen LogP contribution in [0, 0.1) is 11.3 Å². The van der Waals surface area contributed by atoms with Crippen LogP contribution in [0.2, 0.25) is 0 Å². The van der Waals surface area contributed by atoms with E-state index in [0.717, 1.165) is 40.9 Å². The fraction of sp³-hybridized carbons (Fsp3) is 0.464. The predicted octanol–water partition coefficient (Wildman–Crippen LogP) is 4.79. The molecule has 1 heterocycles. The van der Waals surface area contributed by atoms with Crippen molar-refractivity contribution in [2.24, 2.45) is 16.4 Å². The molecule has 1 atom stereocenters. The molecule has 188 valence electrons. The average Bonchev–Trinajstić information content (AvgIpc) is 3.36. The Morgan fingerprint density at radius 2 is 1.66 bits per heavy atom.